The van der Waals surface area contributed by atoms with Crippen molar-refractivity contribution in [1.29, 1.82) is 0 Å². The van der Waals surface area contributed by atoms with E-state index in [0.29, 0.717) is 23.7 Å². The lowest BCUT2D eigenvalue weighted by molar-refractivity contribution is -0.123. The van der Waals surface area contributed by atoms with Crippen LogP contribution < -0.4 is 10.1 Å². The highest BCUT2D eigenvalue weighted by Gasteiger charge is 2.05. The molecule has 4 nitrogen and oxygen atoms in total. The fourth-order valence-corrected chi connectivity index (χ4v) is 1.73. The predicted octanol–water partition coefficient (Wildman–Crippen LogP) is 2.67. The van der Waals surface area contributed by atoms with Gasteiger partial charge in [-0.05, 0) is 24.3 Å². The Hall–Kier alpha value is -1.94. The Bertz CT molecular complexity index is 525. The molecule has 1 N–H and O–H groups in total. The van der Waals surface area contributed by atoms with Crippen LogP contribution in [0.3, 0.4) is 0 Å². The van der Waals surface area contributed by atoms with Gasteiger partial charge in [0.1, 0.15) is 11.5 Å². The van der Waals surface area contributed by atoms with Crippen LogP contribution in [-0.2, 0) is 11.2 Å². The second-order valence-electron chi connectivity index (χ2n) is 3.90. The summed E-state index contributed by atoms with van der Waals surface area (Å²) in [7, 11) is 0. The van der Waals surface area contributed by atoms with Crippen LogP contribution in [0, 0.1) is 0 Å². The van der Waals surface area contributed by atoms with Gasteiger partial charge in [0.2, 0.25) is 0 Å². The quantitative estimate of drug-likeness (QED) is 0.884. The molecular formula is C14H14ClNO3. The Morgan fingerprint density at radius 2 is 2.11 bits per heavy atom. The highest BCUT2D eigenvalue weighted by molar-refractivity contribution is 6.32. The van der Waals surface area contributed by atoms with Gasteiger partial charge in [0, 0.05) is 13.0 Å². The van der Waals surface area contributed by atoms with Gasteiger partial charge in [-0.2, -0.15) is 0 Å². The highest BCUT2D eigenvalue weighted by Crippen LogP contribution is 2.22. The molecule has 2 rings (SSSR count). The zero-order valence-corrected chi connectivity index (χ0v) is 11.0. The number of hydrogen-bond acceptors (Lipinski definition) is 3. The lowest BCUT2D eigenvalue weighted by Crippen LogP contribution is -2.30. The van der Waals surface area contributed by atoms with Crippen LogP contribution in [0.25, 0.3) is 0 Å². The number of hydrogen-bond donors (Lipinski definition) is 1. The number of halogens is 1. The molecule has 0 aliphatic rings. The number of nitrogens with one attached hydrogen (secondary N) is 1. The van der Waals surface area contributed by atoms with Crippen molar-refractivity contribution in [2.45, 2.75) is 6.42 Å². The van der Waals surface area contributed by atoms with E-state index in [1.54, 1.807) is 30.5 Å². The third-order valence-corrected chi connectivity index (χ3v) is 2.78. The zero-order chi connectivity index (χ0) is 13.5. The van der Waals surface area contributed by atoms with Crippen LogP contribution in [0.2, 0.25) is 5.02 Å². The molecule has 0 aliphatic heterocycles. The second-order valence-corrected chi connectivity index (χ2v) is 4.31. The number of rotatable bonds is 6. The van der Waals surface area contributed by atoms with E-state index in [-0.39, 0.29) is 12.5 Å². The minimum atomic E-state index is -0.188. The maximum Gasteiger partial charge on any atom is 0.257 e. The molecule has 0 saturated heterocycles. The Morgan fingerprint density at radius 1 is 1.26 bits per heavy atom. The van der Waals surface area contributed by atoms with E-state index in [1.165, 1.54) is 0 Å². The van der Waals surface area contributed by atoms with Gasteiger partial charge in [0.05, 0.1) is 11.3 Å². The van der Waals surface area contributed by atoms with E-state index >= 15 is 0 Å². The summed E-state index contributed by atoms with van der Waals surface area (Å²) in [5.74, 6) is 1.16. The molecule has 0 saturated carbocycles. The largest absolute Gasteiger partial charge is 0.482 e. The summed E-state index contributed by atoms with van der Waals surface area (Å²) in [6.07, 6.45) is 2.27. The molecule has 100 valence electrons. The van der Waals surface area contributed by atoms with Gasteiger partial charge in [0.25, 0.3) is 5.91 Å². The minimum Gasteiger partial charge on any atom is -0.482 e. The Kier molecular flexibility index (Phi) is 4.86. The summed E-state index contributed by atoms with van der Waals surface area (Å²) < 4.78 is 10.5. The van der Waals surface area contributed by atoms with E-state index in [1.807, 2.05) is 12.1 Å². The monoisotopic (exact) mass is 279 g/mol. The molecule has 1 amide bonds. The molecule has 1 aromatic carbocycles. The van der Waals surface area contributed by atoms with Crippen LogP contribution in [0.1, 0.15) is 5.76 Å². The first-order valence-corrected chi connectivity index (χ1v) is 6.30. The van der Waals surface area contributed by atoms with E-state index in [2.05, 4.69) is 5.32 Å². The van der Waals surface area contributed by atoms with Crippen molar-refractivity contribution in [2.75, 3.05) is 13.2 Å². The average Bonchev–Trinajstić information content (AvgIpc) is 2.91. The van der Waals surface area contributed by atoms with Gasteiger partial charge in [-0.15, -0.1) is 0 Å². The van der Waals surface area contributed by atoms with Crippen LogP contribution in [0.15, 0.2) is 47.1 Å². The van der Waals surface area contributed by atoms with Gasteiger partial charge >= 0.3 is 0 Å². The third kappa shape index (κ3) is 4.34. The maximum absolute atomic E-state index is 11.5. The molecule has 0 atom stereocenters. The zero-order valence-electron chi connectivity index (χ0n) is 10.3. The van der Waals surface area contributed by atoms with Gasteiger partial charge < -0.3 is 14.5 Å². The summed E-state index contributed by atoms with van der Waals surface area (Å²) in [6, 6.07) is 10.7. The number of furan rings is 1. The fourth-order valence-electron chi connectivity index (χ4n) is 1.54. The van der Waals surface area contributed by atoms with Crippen LogP contribution in [0.5, 0.6) is 5.75 Å². The van der Waals surface area contributed by atoms with E-state index < -0.39 is 0 Å². The normalized spacial score (nSPS) is 10.2. The topological polar surface area (TPSA) is 51.5 Å². The first kappa shape index (κ1) is 13.5. The molecule has 0 aliphatic carbocycles. The highest BCUT2D eigenvalue weighted by atomic mass is 35.5. The molecule has 1 aromatic heterocycles. The van der Waals surface area contributed by atoms with Crippen molar-refractivity contribution in [3.8, 4) is 5.75 Å². The minimum absolute atomic E-state index is 0.0537. The molecule has 0 bridgehead atoms. The number of benzene rings is 1. The van der Waals surface area contributed by atoms with Gasteiger partial charge in [-0.25, -0.2) is 0 Å². The lowest BCUT2D eigenvalue weighted by Gasteiger charge is -2.08. The van der Waals surface area contributed by atoms with Crippen molar-refractivity contribution >= 4 is 17.5 Å². The fraction of sp³-hybridized carbons (Fsp3) is 0.214. The molecule has 0 fully saturated rings. The summed E-state index contributed by atoms with van der Waals surface area (Å²) in [5.41, 5.74) is 0. The third-order valence-electron chi connectivity index (χ3n) is 2.47. The van der Waals surface area contributed by atoms with Gasteiger partial charge in [0.15, 0.2) is 6.61 Å². The van der Waals surface area contributed by atoms with Crippen molar-refractivity contribution < 1.29 is 13.9 Å². The van der Waals surface area contributed by atoms with Crippen molar-refractivity contribution in [1.82, 2.24) is 5.32 Å². The molecule has 1 heterocycles. The number of para-hydroxylation sites is 1. The number of carbonyl (C=O) groups excluding carboxylic acids is 1. The molecule has 0 unspecified atom stereocenters. The van der Waals surface area contributed by atoms with Gasteiger partial charge in [-0.3, -0.25) is 4.79 Å². The smallest absolute Gasteiger partial charge is 0.257 e. The average molecular weight is 280 g/mol. The van der Waals surface area contributed by atoms with Crippen molar-refractivity contribution in [3.05, 3.63) is 53.4 Å². The Morgan fingerprint density at radius 3 is 2.84 bits per heavy atom. The van der Waals surface area contributed by atoms with Crippen LogP contribution in [-0.4, -0.2) is 19.1 Å². The standard InChI is InChI=1S/C14H14ClNO3/c15-12-5-1-2-6-13(12)19-10-14(17)16-8-7-11-4-3-9-18-11/h1-6,9H,7-8,10H2,(H,16,17). The van der Waals surface area contributed by atoms with Crippen molar-refractivity contribution in [2.24, 2.45) is 0 Å². The summed E-state index contributed by atoms with van der Waals surface area (Å²) in [4.78, 5) is 11.5. The Labute approximate surface area is 116 Å². The predicted molar refractivity (Wildman–Crippen MR) is 72.4 cm³/mol. The first-order chi connectivity index (χ1) is 9.25. The molecule has 0 spiro atoms. The van der Waals surface area contributed by atoms with E-state index in [4.69, 9.17) is 20.8 Å². The van der Waals surface area contributed by atoms with E-state index in [9.17, 15) is 4.79 Å². The van der Waals surface area contributed by atoms with Crippen LogP contribution >= 0.6 is 11.6 Å². The van der Waals surface area contributed by atoms with Crippen LogP contribution in [0.4, 0.5) is 0 Å². The first-order valence-electron chi connectivity index (χ1n) is 5.92. The van der Waals surface area contributed by atoms with Gasteiger partial charge in [-0.1, -0.05) is 23.7 Å². The molecule has 19 heavy (non-hydrogen) atoms. The SMILES string of the molecule is O=C(COc1ccccc1Cl)NCCc1ccco1. The second kappa shape index (κ2) is 6.85. The lowest BCUT2D eigenvalue weighted by atomic mass is 10.3. The molecule has 2 aromatic rings. The van der Waals surface area contributed by atoms with Crippen molar-refractivity contribution in [3.63, 3.8) is 0 Å². The summed E-state index contributed by atoms with van der Waals surface area (Å²) in [5, 5.41) is 3.24. The molecular weight excluding hydrogens is 266 g/mol. The summed E-state index contributed by atoms with van der Waals surface area (Å²) >= 11 is 5.91. The maximum atomic E-state index is 11.5. The number of ether oxygens (including phenoxy) is 1. The Balaban J connectivity index is 1.69. The molecule has 5 heteroatoms. The number of carbonyl (C=O) groups is 1. The van der Waals surface area contributed by atoms with E-state index in [0.717, 1.165) is 5.76 Å². The summed E-state index contributed by atoms with van der Waals surface area (Å²) in [6.45, 7) is 0.458. The molecule has 0 radical (unpaired) electrons. The number of amides is 1.